The Morgan fingerprint density at radius 3 is 2.59 bits per heavy atom. The fourth-order valence-electron chi connectivity index (χ4n) is 5.80. The first kappa shape index (κ1) is 20.8. The predicted molar refractivity (Wildman–Crippen MR) is 115 cm³/mol. The van der Waals surface area contributed by atoms with Gasteiger partial charge in [0.25, 0.3) is 5.91 Å². The average molecular weight is 438 g/mol. The molecule has 2 unspecified atom stereocenters. The van der Waals surface area contributed by atoms with E-state index in [9.17, 15) is 14.4 Å². The van der Waals surface area contributed by atoms with Gasteiger partial charge in [-0.15, -0.1) is 0 Å². The van der Waals surface area contributed by atoms with Gasteiger partial charge in [-0.3, -0.25) is 9.59 Å². The number of ether oxygens (including phenoxy) is 3. The molecule has 5 rings (SSSR count). The fourth-order valence-corrected chi connectivity index (χ4v) is 5.80. The van der Waals surface area contributed by atoms with Gasteiger partial charge in [-0.05, 0) is 38.1 Å². The highest BCUT2D eigenvalue weighted by molar-refractivity contribution is 6.24. The van der Waals surface area contributed by atoms with Gasteiger partial charge >= 0.3 is 12.0 Å². The molecule has 0 saturated carbocycles. The van der Waals surface area contributed by atoms with Gasteiger partial charge < -0.3 is 19.1 Å². The van der Waals surface area contributed by atoms with Crippen molar-refractivity contribution in [1.82, 2.24) is 4.90 Å². The van der Waals surface area contributed by atoms with Crippen LogP contribution in [0.2, 0.25) is 0 Å². The topological polar surface area (TPSA) is 85.4 Å². The lowest BCUT2D eigenvalue weighted by Gasteiger charge is -2.42. The van der Waals surface area contributed by atoms with Crippen LogP contribution >= 0.6 is 0 Å². The van der Waals surface area contributed by atoms with E-state index >= 15 is 0 Å². The molecular weight excluding hydrogens is 412 g/mol. The molecule has 0 radical (unpaired) electrons. The number of allylic oxidation sites excluding steroid dienone is 2. The SMILES string of the molecule is CCOC(=O)[C@@H]1[C@H]2COC3C=CC=CC3[C@@H]2N2C(=O)N(c3ccc(OC)cc3)C(=O)[C@@]12C. The normalized spacial score (nSPS) is 34.9. The highest BCUT2D eigenvalue weighted by Gasteiger charge is 2.73. The summed E-state index contributed by atoms with van der Waals surface area (Å²) in [7, 11) is 1.55. The summed E-state index contributed by atoms with van der Waals surface area (Å²) in [5.74, 6) is -1.56. The van der Waals surface area contributed by atoms with Crippen LogP contribution in [0, 0.1) is 17.8 Å². The second-order valence-electron chi connectivity index (χ2n) is 8.67. The van der Waals surface area contributed by atoms with Crippen LogP contribution in [0.25, 0.3) is 0 Å². The maximum absolute atomic E-state index is 13.8. The van der Waals surface area contributed by atoms with Crippen molar-refractivity contribution in [3.8, 4) is 5.75 Å². The minimum atomic E-state index is -1.36. The Hall–Kier alpha value is -3.13. The number of rotatable bonds is 4. The second kappa shape index (κ2) is 7.48. The molecule has 1 aromatic rings. The zero-order chi connectivity index (χ0) is 22.6. The number of urea groups is 1. The molecular formula is C24H26N2O6. The van der Waals surface area contributed by atoms with E-state index in [0.29, 0.717) is 11.4 Å². The number of hydrogen-bond acceptors (Lipinski definition) is 6. The maximum atomic E-state index is 13.8. The average Bonchev–Trinajstić information content (AvgIpc) is 3.19. The third kappa shape index (κ3) is 2.68. The van der Waals surface area contributed by atoms with Crippen LogP contribution in [0.1, 0.15) is 13.8 Å². The molecule has 4 aliphatic rings. The molecule has 1 aliphatic carbocycles. The lowest BCUT2D eigenvalue weighted by Crippen LogP contribution is -2.53. The van der Waals surface area contributed by atoms with Crippen molar-refractivity contribution >= 4 is 23.6 Å². The molecule has 3 amide bonds. The molecule has 1 aromatic carbocycles. The van der Waals surface area contributed by atoms with Crippen molar-refractivity contribution in [2.75, 3.05) is 25.2 Å². The maximum Gasteiger partial charge on any atom is 0.332 e. The van der Waals surface area contributed by atoms with Crippen LogP contribution in [0.15, 0.2) is 48.6 Å². The summed E-state index contributed by atoms with van der Waals surface area (Å²) in [4.78, 5) is 43.6. The van der Waals surface area contributed by atoms with Crippen molar-refractivity contribution in [3.63, 3.8) is 0 Å². The van der Waals surface area contributed by atoms with Crippen molar-refractivity contribution in [1.29, 1.82) is 0 Å². The van der Waals surface area contributed by atoms with E-state index in [4.69, 9.17) is 14.2 Å². The van der Waals surface area contributed by atoms with E-state index in [1.165, 1.54) is 4.90 Å². The molecule has 0 spiro atoms. The lowest BCUT2D eigenvalue weighted by molar-refractivity contribution is -0.156. The quantitative estimate of drug-likeness (QED) is 0.531. The van der Waals surface area contributed by atoms with Crippen molar-refractivity contribution < 1.29 is 28.6 Å². The molecule has 168 valence electrons. The second-order valence-corrected chi connectivity index (χ2v) is 8.67. The standard InChI is InChI=1S/C24H26N2O6/c1-4-31-21(27)19-17-13-32-18-8-6-5-7-16(18)20(17)26-23(29)25(22(28)24(19,26)2)14-9-11-15(30-3)12-10-14/h5-12,16-20H,4,13H2,1-3H3/t16?,17-,18?,19+,20+,24-/m1/s1. The van der Waals surface area contributed by atoms with Crippen LogP contribution in [-0.2, 0) is 19.1 Å². The first-order valence-corrected chi connectivity index (χ1v) is 10.9. The highest BCUT2D eigenvalue weighted by Crippen LogP contribution is 2.54. The molecule has 6 atom stereocenters. The van der Waals surface area contributed by atoms with E-state index in [-0.39, 0.29) is 37.2 Å². The number of nitrogens with zero attached hydrogens (tertiary/aromatic N) is 2. The Morgan fingerprint density at radius 1 is 1.19 bits per heavy atom. The Bertz CT molecular complexity index is 1020. The zero-order valence-corrected chi connectivity index (χ0v) is 18.3. The van der Waals surface area contributed by atoms with Gasteiger partial charge in [0, 0.05) is 17.9 Å². The third-order valence-corrected chi connectivity index (χ3v) is 7.18. The first-order valence-electron chi connectivity index (χ1n) is 10.9. The van der Waals surface area contributed by atoms with Crippen LogP contribution in [-0.4, -0.2) is 60.8 Å². The number of carbonyl (C=O) groups excluding carboxylic acids is 3. The Balaban J connectivity index is 1.61. The smallest absolute Gasteiger partial charge is 0.332 e. The number of methoxy groups -OCH3 is 1. The first-order chi connectivity index (χ1) is 15.4. The number of carbonyl (C=O) groups is 3. The molecule has 3 heterocycles. The molecule has 0 aromatic heterocycles. The minimum Gasteiger partial charge on any atom is -0.497 e. The number of hydrogen-bond donors (Lipinski definition) is 0. The summed E-state index contributed by atoms with van der Waals surface area (Å²) < 4.78 is 16.6. The summed E-state index contributed by atoms with van der Waals surface area (Å²) in [5.41, 5.74) is -0.912. The molecule has 3 fully saturated rings. The van der Waals surface area contributed by atoms with Crippen molar-refractivity contribution in [2.45, 2.75) is 31.5 Å². The van der Waals surface area contributed by atoms with Gasteiger partial charge in [0.05, 0.1) is 38.0 Å². The summed E-state index contributed by atoms with van der Waals surface area (Å²) in [6.45, 7) is 3.90. The summed E-state index contributed by atoms with van der Waals surface area (Å²) in [5, 5.41) is 0. The number of amides is 3. The van der Waals surface area contributed by atoms with Crippen LogP contribution in [0.5, 0.6) is 5.75 Å². The van der Waals surface area contributed by atoms with Crippen molar-refractivity contribution in [3.05, 3.63) is 48.6 Å². The summed E-state index contributed by atoms with van der Waals surface area (Å²) in [6.07, 6.45) is 7.59. The molecule has 3 saturated heterocycles. The molecule has 32 heavy (non-hydrogen) atoms. The molecule has 0 bridgehead atoms. The number of imide groups is 1. The molecule has 8 heteroatoms. The molecule has 3 aliphatic heterocycles. The largest absolute Gasteiger partial charge is 0.497 e. The van der Waals surface area contributed by atoms with Gasteiger partial charge in [-0.2, -0.15) is 0 Å². The van der Waals surface area contributed by atoms with Gasteiger partial charge in [-0.1, -0.05) is 24.3 Å². The minimum absolute atomic E-state index is 0.148. The van der Waals surface area contributed by atoms with Crippen LogP contribution in [0.3, 0.4) is 0 Å². The number of anilines is 1. The Morgan fingerprint density at radius 2 is 1.91 bits per heavy atom. The van der Waals surface area contributed by atoms with E-state index in [2.05, 4.69) is 0 Å². The predicted octanol–water partition coefficient (Wildman–Crippen LogP) is 2.54. The van der Waals surface area contributed by atoms with E-state index in [1.807, 2.05) is 24.3 Å². The van der Waals surface area contributed by atoms with Crippen LogP contribution in [0.4, 0.5) is 10.5 Å². The molecule has 8 nitrogen and oxygen atoms in total. The lowest BCUT2D eigenvalue weighted by atomic mass is 9.74. The molecule has 0 N–H and O–H groups in total. The fraction of sp³-hybridized carbons (Fsp3) is 0.458. The van der Waals surface area contributed by atoms with E-state index in [0.717, 1.165) is 0 Å². The van der Waals surface area contributed by atoms with Gasteiger partial charge in [-0.25, -0.2) is 9.69 Å². The highest BCUT2D eigenvalue weighted by atomic mass is 16.5. The van der Waals surface area contributed by atoms with Gasteiger partial charge in [0.2, 0.25) is 0 Å². The zero-order valence-electron chi connectivity index (χ0n) is 18.3. The van der Waals surface area contributed by atoms with Gasteiger partial charge in [0.1, 0.15) is 11.3 Å². The van der Waals surface area contributed by atoms with Crippen molar-refractivity contribution in [2.24, 2.45) is 17.8 Å². The third-order valence-electron chi connectivity index (χ3n) is 7.18. The number of fused-ring (bicyclic) bond motifs is 5. The van der Waals surface area contributed by atoms with E-state index in [1.54, 1.807) is 50.1 Å². The van der Waals surface area contributed by atoms with Gasteiger partial charge in [0.15, 0.2) is 0 Å². The monoisotopic (exact) mass is 438 g/mol. The Labute approximate surface area is 186 Å². The van der Waals surface area contributed by atoms with E-state index < -0.39 is 29.4 Å². The number of benzene rings is 1. The summed E-state index contributed by atoms with van der Waals surface area (Å²) >= 11 is 0. The summed E-state index contributed by atoms with van der Waals surface area (Å²) in [6, 6.07) is 5.97. The number of esters is 1. The van der Waals surface area contributed by atoms with Crippen LogP contribution < -0.4 is 9.64 Å². The Kier molecular flexibility index (Phi) is 4.85.